The molecule has 0 radical (unpaired) electrons. The summed E-state index contributed by atoms with van der Waals surface area (Å²) in [6.07, 6.45) is 5.59. The normalized spacial score (nSPS) is 11.8. The van der Waals surface area contributed by atoms with Crippen LogP contribution in [0.15, 0.2) is 146 Å². The predicted molar refractivity (Wildman–Crippen MR) is 174 cm³/mol. The number of hydrogen-bond acceptors (Lipinski definition) is 2. The summed E-state index contributed by atoms with van der Waals surface area (Å²) in [6.45, 7) is 0. The van der Waals surface area contributed by atoms with Gasteiger partial charge in [-0.3, -0.25) is 9.55 Å². The number of rotatable bonds is 3. The van der Waals surface area contributed by atoms with E-state index in [2.05, 4.69) is 129 Å². The lowest BCUT2D eigenvalue weighted by atomic mass is 10.0. The van der Waals surface area contributed by atoms with E-state index in [1.165, 1.54) is 43.4 Å². The first-order valence-electron chi connectivity index (χ1n) is 14.2. The number of fused-ring (bicyclic) bond motifs is 7. The van der Waals surface area contributed by atoms with Gasteiger partial charge in [-0.05, 0) is 83.1 Å². The highest BCUT2D eigenvalue weighted by Gasteiger charge is 2.17. The minimum atomic E-state index is 0.890. The highest BCUT2D eigenvalue weighted by molar-refractivity contribution is 6.18. The van der Waals surface area contributed by atoms with Crippen molar-refractivity contribution >= 4 is 54.4 Å². The highest BCUT2D eigenvalue weighted by atomic mass is 15.1. The zero-order valence-corrected chi connectivity index (χ0v) is 22.6. The van der Waals surface area contributed by atoms with Gasteiger partial charge in [-0.15, -0.1) is 0 Å². The molecule has 4 heterocycles. The molecule has 4 aromatic heterocycles. The second kappa shape index (κ2) is 8.88. The van der Waals surface area contributed by atoms with Crippen molar-refractivity contribution in [2.24, 2.45) is 0 Å². The molecule has 0 N–H and O–H groups in total. The fourth-order valence-electron chi connectivity index (χ4n) is 6.54. The molecule has 0 unspecified atom stereocenters. The molecule has 0 atom stereocenters. The first-order valence-corrected chi connectivity index (χ1v) is 14.2. The van der Waals surface area contributed by atoms with Crippen LogP contribution in [0.2, 0.25) is 0 Å². The molecule has 0 saturated heterocycles. The third-order valence-electron chi connectivity index (χ3n) is 8.41. The van der Waals surface area contributed by atoms with E-state index in [-0.39, 0.29) is 0 Å². The van der Waals surface area contributed by atoms with Crippen LogP contribution in [0.1, 0.15) is 0 Å². The van der Waals surface area contributed by atoms with E-state index in [1.807, 2.05) is 24.5 Å². The fraction of sp³-hybridized carbons (Fsp3) is 0. The van der Waals surface area contributed by atoms with Gasteiger partial charge in [0.05, 0.1) is 22.1 Å². The summed E-state index contributed by atoms with van der Waals surface area (Å²) >= 11 is 0. The third kappa shape index (κ3) is 3.36. The van der Waals surface area contributed by atoms with Crippen molar-refractivity contribution in [3.05, 3.63) is 146 Å². The second-order valence-electron chi connectivity index (χ2n) is 10.8. The van der Waals surface area contributed by atoms with E-state index < -0.39 is 0 Å². The molecular formula is C38H24N4. The van der Waals surface area contributed by atoms with Crippen LogP contribution in [0.5, 0.6) is 0 Å². The van der Waals surface area contributed by atoms with Crippen LogP contribution in [0.4, 0.5) is 0 Å². The summed E-state index contributed by atoms with van der Waals surface area (Å²) in [5.41, 5.74) is 8.02. The molecule has 0 spiro atoms. The van der Waals surface area contributed by atoms with E-state index in [1.54, 1.807) is 6.20 Å². The van der Waals surface area contributed by atoms with Gasteiger partial charge < -0.3 is 4.57 Å². The lowest BCUT2D eigenvalue weighted by Crippen LogP contribution is -1.97. The topological polar surface area (TPSA) is 35.6 Å². The van der Waals surface area contributed by atoms with Crippen LogP contribution in [-0.4, -0.2) is 19.1 Å². The number of pyridine rings is 2. The van der Waals surface area contributed by atoms with Crippen molar-refractivity contribution in [2.75, 3.05) is 0 Å². The maximum atomic E-state index is 4.86. The monoisotopic (exact) mass is 536 g/mol. The zero-order chi connectivity index (χ0) is 27.6. The molecule has 9 aromatic rings. The third-order valence-corrected chi connectivity index (χ3v) is 8.41. The largest absolute Gasteiger partial charge is 0.309 e. The molecule has 0 aliphatic rings. The number of benzene rings is 5. The smallest absolute Gasteiger partial charge is 0.138 e. The molecule has 0 amide bonds. The SMILES string of the molecule is c1ccc(-n2c3ccccc3c3cc4cc5c6ccccc6n(-c6cc(-c7cccnc7)ccn6)c5cc4cc32)cc1. The summed E-state index contributed by atoms with van der Waals surface area (Å²) < 4.78 is 4.67. The van der Waals surface area contributed by atoms with Crippen molar-refractivity contribution in [3.8, 4) is 22.6 Å². The maximum Gasteiger partial charge on any atom is 0.138 e. The second-order valence-corrected chi connectivity index (χ2v) is 10.8. The van der Waals surface area contributed by atoms with Gasteiger partial charge in [0.15, 0.2) is 0 Å². The van der Waals surface area contributed by atoms with Gasteiger partial charge in [-0.25, -0.2) is 4.98 Å². The Labute approximate surface area is 241 Å². The van der Waals surface area contributed by atoms with Gasteiger partial charge in [-0.2, -0.15) is 0 Å². The Morgan fingerprint density at radius 2 is 1.07 bits per heavy atom. The predicted octanol–water partition coefficient (Wildman–Crippen LogP) is 9.49. The van der Waals surface area contributed by atoms with Crippen molar-refractivity contribution in [3.63, 3.8) is 0 Å². The number of nitrogens with zero attached hydrogens (tertiary/aromatic N) is 4. The van der Waals surface area contributed by atoms with Gasteiger partial charge in [0.2, 0.25) is 0 Å². The van der Waals surface area contributed by atoms with Gasteiger partial charge in [0, 0.05) is 51.4 Å². The van der Waals surface area contributed by atoms with E-state index in [9.17, 15) is 0 Å². The zero-order valence-electron chi connectivity index (χ0n) is 22.6. The van der Waals surface area contributed by atoms with Gasteiger partial charge >= 0.3 is 0 Å². The van der Waals surface area contributed by atoms with Crippen LogP contribution in [0, 0.1) is 0 Å². The van der Waals surface area contributed by atoms with Gasteiger partial charge in [0.25, 0.3) is 0 Å². The Bertz CT molecular complexity index is 2450. The summed E-state index contributed by atoms with van der Waals surface area (Å²) in [5.74, 6) is 0.890. The standard InChI is InChI=1S/C38H24N4/c1-2-10-29(11-3-1)41-34-14-6-4-12-30(34)32-19-27-20-33-31-13-5-7-15-35(31)42(37(33)22-28(27)21-36(32)41)38-23-25(16-18-40-38)26-9-8-17-39-24-26/h1-24H. The molecule has 0 aliphatic carbocycles. The Hall–Kier alpha value is -5.74. The fourth-order valence-corrected chi connectivity index (χ4v) is 6.54. The molecule has 4 heteroatoms. The summed E-state index contributed by atoms with van der Waals surface area (Å²) in [6, 6.07) is 45.6. The molecule has 42 heavy (non-hydrogen) atoms. The molecule has 196 valence electrons. The number of para-hydroxylation sites is 3. The Morgan fingerprint density at radius 3 is 1.79 bits per heavy atom. The van der Waals surface area contributed by atoms with Crippen LogP contribution in [0.3, 0.4) is 0 Å². The van der Waals surface area contributed by atoms with Crippen molar-refractivity contribution in [1.29, 1.82) is 0 Å². The molecule has 0 bridgehead atoms. The van der Waals surface area contributed by atoms with Crippen LogP contribution in [0.25, 0.3) is 77.0 Å². The molecule has 0 fully saturated rings. The van der Waals surface area contributed by atoms with Crippen LogP contribution < -0.4 is 0 Å². The first-order chi connectivity index (χ1) is 20.8. The molecule has 9 rings (SSSR count). The van der Waals surface area contributed by atoms with Crippen LogP contribution in [-0.2, 0) is 0 Å². The van der Waals surface area contributed by atoms with Crippen molar-refractivity contribution in [2.45, 2.75) is 0 Å². The lowest BCUT2D eigenvalue weighted by Gasteiger charge is -2.10. The molecule has 0 aliphatic heterocycles. The highest BCUT2D eigenvalue weighted by Crippen LogP contribution is 2.39. The van der Waals surface area contributed by atoms with E-state index in [0.29, 0.717) is 0 Å². The van der Waals surface area contributed by atoms with E-state index in [0.717, 1.165) is 33.7 Å². The van der Waals surface area contributed by atoms with E-state index >= 15 is 0 Å². The van der Waals surface area contributed by atoms with Gasteiger partial charge in [0.1, 0.15) is 5.82 Å². The first kappa shape index (κ1) is 23.0. The maximum absolute atomic E-state index is 4.86. The Kier molecular flexibility index (Phi) is 4.87. The van der Waals surface area contributed by atoms with E-state index in [4.69, 9.17) is 4.98 Å². The van der Waals surface area contributed by atoms with Crippen molar-refractivity contribution < 1.29 is 0 Å². The lowest BCUT2D eigenvalue weighted by molar-refractivity contribution is 1.08. The average Bonchev–Trinajstić information content (AvgIpc) is 3.55. The molecule has 4 nitrogen and oxygen atoms in total. The summed E-state index contributed by atoms with van der Waals surface area (Å²) in [4.78, 5) is 9.19. The molecule has 5 aromatic carbocycles. The van der Waals surface area contributed by atoms with Crippen molar-refractivity contribution in [1.82, 2.24) is 19.1 Å². The minimum Gasteiger partial charge on any atom is -0.309 e. The Balaban J connectivity index is 1.36. The summed E-state index contributed by atoms with van der Waals surface area (Å²) in [5, 5.41) is 7.38. The summed E-state index contributed by atoms with van der Waals surface area (Å²) in [7, 11) is 0. The number of hydrogen-bond donors (Lipinski definition) is 0. The van der Waals surface area contributed by atoms with Gasteiger partial charge in [-0.1, -0.05) is 60.7 Å². The quantitative estimate of drug-likeness (QED) is 0.225. The molecular weight excluding hydrogens is 512 g/mol. The minimum absolute atomic E-state index is 0.890. The number of aromatic nitrogens is 4. The Morgan fingerprint density at radius 1 is 0.429 bits per heavy atom. The van der Waals surface area contributed by atoms with Crippen LogP contribution >= 0.6 is 0 Å². The average molecular weight is 537 g/mol. The molecule has 0 saturated carbocycles.